The maximum absolute atomic E-state index is 13.4. The molecule has 1 aliphatic rings. The third-order valence-electron chi connectivity index (χ3n) is 4.83. The number of hydrogen-bond acceptors (Lipinski definition) is 4. The second-order valence-electron chi connectivity index (χ2n) is 7.18. The molecule has 1 heterocycles. The average molecular weight is 388 g/mol. The number of anilines is 2. The highest BCUT2D eigenvalue weighted by Gasteiger charge is 2.34. The molecular weight excluding hydrogens is 364 g/mol. The number of amides is 1. The molecule has 0 bridgehead atoms. The van der Waals surface area contributed by atoms with E-state index in [4.69, 9.17) is 9.47 Å². The Morgan fingerprint density at radius 3 is 2.38 bits per heavy atom. The summed E-state index contributed by atoms with van der Waals surface area (Å²) in [5.41, 5.74) is 3.20. The number of benzene rings is 3. The lowest BCUT2D eigenvalue weighted by molar-refractivity contribution is 0.0975. The van der Waals surface area contributed by atoms with Crippen LogP contribution >= 0.6 is 0 Å². The Morgan fingerprint density at radius 1 is 0.931 bits per heavy atom. The summed E-state index contributed by atoms with van der Waals surface area (Å²) in [6, 6.07) is 23.0. The predicted octanol–water partition coefficient (Wildman–Crippen LogP) is 5.25. The van der Waals surface area contributed by atoms with Crippen LogP contribution in [0.2, 0.25) is 0 Å². The molecule has 1 amide bonds. The van der Waals surface area contributed by atoms with E-state index in [1.54, 1.807) is 12.0 Å². The van der Waals surface area contributed by atoms with Gasteiger partial charge in [-0.15, -0.1) is 0 Å². The zero-order chi connectivity index (χ0) is 20.4. The van der Waals surface area contributed by atoms with Crippen LogP contribution in [0.3, 0.4) is 0 Å². The Morgan fingerprint density at radius 2 is 1.66 bits per heavy atom. The van der Waals surface area contributed by atoms with E-state index in [9.17, 15) is 4.79 Å². The molecule has 0 spiro atoms. The van der Waals surface area contributed by atoms with E-state index in [2.05, 4.69) is 5.32 Å². The van der Waals surface area contributed by atoms with Crippen molar-refractivity contribution in [2.75, 3.05) is 17.3 Å². The first-order chi connectivity index (χ1) is 14.1. The highest BCUT2D eigenvalue weighted by Crippen LogP contribution is 2.39. The van der Waals surface area contributed by atoms with E-state index in [1.807, 2.05) is 86.6 Å². The molecule has 5 heteroatoms. The number of hydrogen-bond donors (Lipinski definition) is 1. The van der Waals surface area contributed by atoms with Crippen LogP contribution in [0.15, 0.2) is 72.8 Å². The number of methoxy groups -OCH3 is 1. The van der Waals surface area contributed by atoms with Gasteiger partial charge in [0.25, 0.3) is 5.91 Å². The van der Waals surface area contributed by atoms with Gasteiger partial charge in [0.05, 0.1) is 18.8 Å². The molecule has 0 fully saturated rings. The van der Waals surface area contributed by atoms with E-state index in [0.29, 0.717) is 17.1 Å². The lowest BCUT2D eigenvalue weighted by atomic mass is 10.0. The molecule has 5 nitrogen and oxygen atoms in total. The van der Waals surface area contributed by atoms with Crippen LogP contribution in [0.5, 0.6) is 11.5 Å². The molecule has 0 radical (unpaired) electrons. The number of ether oxygens (including phenoxy) is 2. The number of carbonyl (C=O) groups is 1. The van der Waals surface area contributed by atoms with Gasteiger partial charge in [0.1, 0.15) is 6.17 Å². The summed E-state index contributed by atoms with van der Waals surface area (Å²) in [6.07, 6.45) is -0.335. The van der Waals surface area contributed by atoms with Crippen LogP contribution in [0.25, 0.3) is 0 Å². The van der Waals surface area contributed by atoms with Gasteiger partial charge in [-0.05, 0) is 55.8 Å². The maximum Gasteiger partial charge on any atom is 0.262 e. The number of fused-ring (bicyclic) bond motifs is 1. The molecule has 1 aliphatic heterocycles. The van der Waals surface area contributed by atoms with Gasteiger partial charge in [0, 0.05) is 11.4 Å². The standard InChI is InChI=1S/C24H24N2O3/c1-16(2)29-21-14-13-17(15-22(21)28-3)23-25-20-12-8-7-11-19(20)24(27)26(23)18-9-5-4-6-10-18/h4-16,23,25H,1-3H3/t23-/m0/s1. The van der Waals surface area contributed by atoms with Gasteiger partial charge < -0.3 is 14.8 Å². The van der Waals surface area contributed by atoms with Crippen LogP contribution < -0.4 is 19.7 Å². The average Bonchev–Trinajstić information content (AvgIpc) is 2.74. The third-order valence-corrected chi connectivity index (χ3v) is 4.83. The van der Waals surface area contributed by atoms with Crippen LogP contribution in [-0.2, 0) is 0 Å². The fourth-order valence-corrected chi connectivity index (χ4v) is 3.55. The molecule has 1 atom stereocenters. The second kappa shape index (κ2) is 7.87. The monoisotopic (exact) mass is 388 g/mol. The molecule has 1 N–H and O–H groups in total. The van der Waals surface area contributed by atoms with E-state index in [-0.39, 0.29) is 18.2 Å². The van der Waals surface area contributed by atoms with Crippen molar-refractivity contribution in [3.63, 3.8) is 0 Å². The highest BCUT2D eigenvalue weighted by atomic mass is 16.5. The first kappa shape index (κ1) is 18.9. The molecule has 148 valence electrons. The number of nitrogens with zero attached hydrogens (tertiary/aromatic N) is 1. The summed E-state index contributed by atoms with van der Waals surface area (Å²) in [6.45, 7) is 3.95. The van der Waals surface area contributed by atoms with Crippen molar-refractivity contribution < 1.29 is 14.3 Å². The van der Waals surface area contributed by atoms with E-state index in [1.165, 1.54) is 0 Å². The molecule has 0 saturated heterocycles. The molecule has 0 saturated carbocycles. The first-order valence-corrected chi connectivity index (χ1v) is 9.67. The first-order valence-electron chi connectivity index (χ1n) is 9.67. The lowest BCUT2D eigenvalue weighted by Gasteiger charge is -2.38. The Balaban J connectivity index is 1.81. The van der Waals surface area contributed by atoms with Crippen LogP contribution in [0.1, 0.15) is 35.9 Å². The molecular formula is C24H24N2O3. The van der Waals surface area contributed by atoms with Gasteiger partial charge >= 0.3 is 0 Å². The van der Waals surface area contributed by atoms with Crippen molar-refractivity contribution in [1.29, 1.82) is 0 Å². The third kappa shape index (κ3) is 3.63. The Bertz CT molecular complexity index is 1020. The summed E-state index contributed by atoms with van der Waals surface area (Å²) in [4.78, 5) is 15.2. The Hall–Kier alpha value is -3.47. The Kier molecular flexibility index (Phi) is 5.12. The predicted molar refractivity (Wildman–Crippen MR) is 115 cm³/mol. The molecule has 0 aromatic heterocycles. The van der Waals surface area contributed by atoms with Crippen LogP contribution in [0, 0.1) is 0 Å². The summed E-state index contributed by atoms with van der Waals surface area (Å²) in [5, 5.41) is 3.51. The molecule has 0 aliphatic carbocycles. The second-order valence-corrected chi connectivity index (χ2v) is 7.18. The van der Waals surface area contributed by atoms with Gasteiger partial charge in [-0.1, -0.05) is 36.4 Å². The van der Waals surface area contributed by atoms with Gasteiger partial charge in [0.2, 0.25) is 0 Å². The van der Waals surface area contributed by atoms with Gasteiger partial charge in [-0.25, -0.2) is 0 Å². The molecule has 4 rings (SSSR count). The lowest BCUT2D eigenvalue weighted by Crippen LogP contribution is -2.43. The minimum absolute atomic E-state index is 0.0387. The minimum Gasteiger partial charge on any atom is -0.493 e. The molecule has 29 heavy (non-hydrogen) atoms. The molecule has 3 aromatic carbocycles. The van der Waals surface area contributed by atoms with Gasteiger partial charge in [0.15, 0.2) is 11.5 Å². The summed E-state index contributed by atoms with van der Waals surface area (Å²) in [7, 11) is 1.62. The van der Waals surface area contributed by atoms with Crippen LogP contribution in [0.4, 0.5) is 11.4 Å². The molecule has 0 unspecified atom stereocenters. The highest BCUT2D eigenvalue weighted by molar-refractivity contribution is 6.12. The summed E-state index contributed by atoms with van der Waals surface area (Å²) < 4.78 is 11.4. The largest absolute Gasteiger partial charge is 0.493 e. The zero-order valence-corrected chi connectivity index (χ0v) is 16.8. The van der Waals surface area contributed by atoms with Crippen molar-refractivity contribution >= 4 is 17.3 Å². The van der Waals surface area contributed by atoms with Gasteiger partial charge in [-0.2, -0.15) is 0 Å². The fraction of sp³-hybridized carbons (Fsp3) is 0.208. The van der Waals surface area contributed by atoms with Crippen molar-refractivity contribution in [3.8, 4) is 11.5 Å². The Labute approximate surface area is 170 Å². The fourth-order valence-electron chi connectivity index (χ4n) is 3.55. The van der Waals surface area contributed by atoms with Crippen molar-refractivity contribution in [2.24, 2.45) is 0 Å². The van der Waals surface area contributed by atoms with E-state index in [0.717, 1.165) is 16.9 Å². The number of carbonyl (C=O) groups excluding carboxylic acids is 1. The van der Waals surface area contributed by atoms with E-state index >= 15 is 0 Å². The molecule has 3 aromatic rings. The summed E-state index contributed by atoms with van der Waals surface area (Å²) in [5.74, 6) is 1.27. The summed E-state index contributed by atoms with van der Waals surface area (Å²) >= 11 is 0. The normalized spacial score (nSPS) is 15.7. The number of rotatable bonds is 5. The SMILES string of the molecule is COc1cc([C@H]2Nc3ccccc3C(=O)N2c2ccccc2)ccc1OC(C)C. The zero-order valence-electron chi connectivity index (χ0n) is 16.8. The van der Waals surface area contributed by atoms with E-state index < -0.39 is 0 Å². The smallest absolute Gasteiger partial charge is 0.262 e. The number of nitrogens with one attached hydrogen (secondary N) is 1. The maximum atomic E-state index is 13.4. The van der Waals surface area contributed by atoms with Gasteiger partial charge in [-0.3, -0.25) is 9.69 Å². The topological polar surface area (TPSA) is 50.8 Å². The van der Waals surface area contributed by atoms with Crippen LogP contribution in [-0.4, -0.2) is 19.1 Å². The number of para-hydroxylation sites is 2. The van der Waals surface area contributed by atoms with Crippen molar-refractivity contribution in [2.45, 2.75) is 26.1 Å². The quantitative estimate of drug-likeness (QED) is 0.648. The van der Waals surface area contributed by atoms with Crippen molar-refractivity contribution in [3.05, 3.63) is 83.9 Å². The van der Waals surface area contributed by atoms with Crippen molar-refractivity contribution in [1.82, 2.24) is 0 Å². The minimum atomic E-state index is -0.373.